The van der Waals surface area contributed by atoms with Crippen LogP contribution in [0.4, 0.5) is 5.69 Å². The fourth-order valence-corrected chi connectivity index (χ4v) is 3.10. The van der Waals surface area contributed by atoms with E-state index in [4.69, 9.17) is 21.1 Å². The number of methoxy groups -OCH3 is 2. The zero-order valence-corrected chi connectivity index (χ0v) is 15.7. The number of fused-ring (bicyclic) bond motifs is 1. The third-order valence-corrected chi connectivity index (χ3v) is 4.62. The molecule has 1 heterocycles. The molecular weight excluding hydrogens is 372 g/mol. The van der Waals surface area contributed by atoms with Crippen molar-refractivity contribution in [3.8, 4) is 11.5 Å². The van der Waals surface area contributed by atoms with E-state index in [9.17, 15) is 14.4 Å². The van der Waals surface area contributed by atoms with E-state index in [0.29, 0.717) is 22.2 Å². The zero-order valence-electron chi connectivity index (χ0n) is 14.9. The molecule has 1 atom stereocenters. The van der Waals surface area contributed by atoms with Crippen LogP contribution in [0.3, 0.4) is 0 Å². The van der Waals surface area contributed by atoms with E-state index in [1.54, 1.807) is 24.3 Å². The number of hydrogen-bond acceptors (Lipinski definition) is 5. The van der Waals surface area contributed by atoms with Gasteiger partial charge in [0.2, 0.25) is 5.91 Å². The first-order chi connectivity index (χ1) is 12.9. The van der Waals surface area contributed by atoms with Gasteiger partial charge in [-0.15, -0.1) is 0 Å². The average molecular weight is 389 g/mol. The van der Waals surface area contributed by atoms with Crippen molar-refractivity contribution in [3.63, 3.8) is 0 Å². The largest absolute Gasteiger partial charge is 0.495 e. The molecule has 0 spiro atoms. The number of ether oxygens (including phenoxy) is 2. The number of nitrogens with one attached hydrogen (secondary N) is 1. The molecule has 0 bridgehead atoms. The molecule has 0 saturated heterocycles. The van der Waals surface area contributed by atoms with Crippen LogP contribution in [0, 0.1) is 0 Å². The maximum Gasteiger partial charge on any atom is 0.262 e. The highest BCUT2D eigenvalue weighted by Crippen LogP contribution is 2.36. The molecule has 0 aliphatic carbocycles. The van der Waals surface area contributed by atoms with Crippen molar-refractivity contribution in [3.05, 3.63) is 52.5 Å². The summed E-state index contributed by atoms with van der Waals surface area (Å²) in [6.45, 7) is 1.48. The Morgan fingerprint density at radius 3 is 2.11 bits per heavy atom. The lowest BCUT2D eigenvalue weighted by Gasteiger charge is -2.22. The fourth-order valence-electron chi connectivity index (χ4n) is 2.87. The topological polar surface area (TPSA) is 84.9 Å². The maximum atomic E-state index is 12.7. The zero-order chi connectivity index (χ0) is 19.7. The minimum Gasteiger partial charge on any atom is -0.495 e. The smallest absolute Gasteiger partial charge is 0.262 e. The third kappa shape index (κ3) is 3.21. The highest BCUT2D eigenvalue weighted by atomic mass is 35.5. The minimum atomic E-state index is -1.02. The van der Waals surface area contributed by atoms with Gasteiger partial charge in [0.1, 0.15) is 17.5 Å². The molecular formula is C19H17ClN2O5. The number of carbonyl (C=O) groups is 3. The summed E-state index contributed by atoms with van der Waals surface area (Å²) in [5.74, 6) is -0.880. The van der Waals surface area contributed by atoms with Gasteiger partial charge in [-0.3, -0.25) is 19.3 Å². The molecule has 27 heavy (non-hydrogen) atoms. The number of nitrogens with zero attached hydrogens (tertiary/aromatic N) is 1. The van der Waals surface area contributed by atoms with Crippen molar-refractivity contribution in [2.45, 2.75) is 13.0 Å². The Balaban J connectivity index is 1.86. The van der Waals surface area contributed by atoms with Crippen LogP contribution in [0.5, 0.6) is 11.5 Å². The van der Waals surface area contributed by atoms with E-state index in [-0.39, 0.29) is 11.1 Å². The average Bonchev–Trinajstić information content (AvgIpc) is 2.93. The van der Waals surface area contributed by atoms with Crippen LogP contribution < -0.4 is 14.8 Å². The molecule has 2 aromatic carbocycles. The molecule has 0 saturated carbocycles. The van der Waals surface area contributed by atoms with Gasteiger partial charge in [0.15, 0.2) is 0 Å². The van der Waals surface area contributed by atoms with Crippen LogP contribution in [0.15, 0.2) is 36.4 Å². The second-order valence-corrected chi connectivity index (χ2v) is 6.29. The van der Waals surface area contributed by atoms with Gasteiger partial charge in [-0.05, 0) is 19.1 Å². The quantitative estimate of drug-likeness (QED) is 0.796. The normalized spacial score (nSPS) is 14.0. The number of anilines is 1. The fraction of sp³-hybridized carbons (Fsp3) is 0.211. The molecule has 0 aromatic heterocycles. The monoisotopic (exact) mass is 388 g/mol. The first-order valence-corrected chi connectivity index (χ1v) is 8.46. The lowest BCUT2D eigenvalue weighted by molar-refractivity contribution is -0.119. The lowest BCUT2D eigenvalue weighted by Crippen LogP contribution is -2.45. The van der Waals surface area contributed by atoms with Crippen LogP contribution >= 0.6 is 11.6 Å². The number of imide groups is 1. The van der Waals surface area contributed by atoms with Crippen LogP contribution in [-0.4, -0.2) is 42.9 Å². The van der Waals surface area contributed by atoms with Gasteiger partial charge in [0, 0.05) is 12.1 Å². The van der Waals surface area contributed by atoms with Gasteiger partial charge < -0.3 is 14.8 Å². The third-order valence-electron chi connectivity index (χ3n) is 4.32. The molecule has 1 aliphatic rings. The summed E-state index contributed by atoms with van der Waals surface area (Å²) in [5.41, 5.74) is 0.882. The Kier molecular flexibility index (Phi) is 5.05. The van der Waals surface area contributed by atoms with Gasteiger partial charge in [-0.25, -0.2) is 0 Å². The lowest BCUT2D eigenvalue weighted by atomic mass is 10.1. The highest BCUT2D eigenvalue weighted by Gasteiger charge is 2.40. The van der Waals surface area contributed by atoms with Crippen LogP contribution in [0.1, 0.15) is 27.6 Å². The number of halogens is 1. The highest BCUT2D eigenvalue weighted by molar-refractivity contribution is 6.32. The first-order valence-electron chi connectivity index (χ1n) is 8.08. The van der Waals surface area contributed by atoms with Crippen molar-refractivity contribution in [2.24, 2.45) is 0 Å². The Morgan fingerprint density at radius 1 is 1.04 bits per heavy atom. The predicted octanol–water partition coefficient (Wildman–Crippen LogP) is 2.98. The summed E-state index contributed by atoms with van der Waals surface area (Å²) in [5, 5.41) is 2.98. The van der Waals surface area contributed by atoms with Crippen molar-refractivity contribution in [1.29, 1.82) is 0 Å². The van der Waals surface area contributed by atoms with Gasteiger partial charge in [-0.1, -0.05) is 23.7 Å². The van der Waals surface area contributed by atoms with E-state index in [0.717, 1.165) is 4.90 Å². The predicted molar refractivity (Wildman–Crippen MR) is 99.6 cm³/mol. The van der Waals surface area contributed by atoms with Crippen molar-refractivity contribution < 1.29 is 23.9 Å². The van der Waals surface area contributed by atoms with E-state index in [2.05, 4.69) is 5.32 Å². The van der Waals surface area contributed by atoms with Gasteiger partial charge in [-0.2, -0.15) is 0 Å². The molecule has 8 heteroatoms. The summed E-state index contributed by atoms with van der Waals surface area (Å²) in [4.78, 5) is 38.7. The van der Waals surface area contributed by atoms with Crippen LogP contribution in [-0.2, 0) is 4.79 Å². The molecule has 0 fully saturated rings. The molecule has 1 aliphatic heterocycles. The molecule has 3 amide bonds. The number of benzene rings is 2. The van der Waals surface area contributed by atoms with Crippen molar-refractivity contribution in [1.82, 2.24) is 4.90 Å². The summed E-state index contributed by atoms with van der Waals surface area (Å²) >= 11 is 6.06. The van der Waals surface area contributed by atoms with Crippen molar-refractivity contribution in [2.75, 3.05) is 19.5 Å². The van der Waals surface area contributed by atoms with Gasteiger partial charge in [0.25, 0.3) is 11.8 Å². The van der Waals surface area contributed by atoms with E-state index in [1.165, 1.54) is 33.3 Å². The molecule has 7 nitrogen and oxygen atoms in total. The molecule has 3 rings (SSSR count). The van der Waals surface area contributed by atoms with Crippen LogP contribution in [0.25, 0.3) is 0 Å². The van der Waals surface area contributed by atoms with Crippen molar-refractivity contribution >= 4 is 35.0 Å². The Hall–Kier alpha value is -3.06. The molecule has 140 valence electrons. The van der Waals surface area contributed by atoms with E-state index >= 15 is 0 Å². The number of hydrogen-bond donors (Lipinski definition) is 1. The second kappa shape index (κ2) is 7.28. The van der Waals surface area contributed by atoms with Crippen LogP contribution in [0.2, 0.25) is 5.02 Å². The minimum absolute atomic E-state index is 0.285. The first kappa shape index (κ1) is 18.7. The number of amides is 3. The number of rotatable bonds is 5. The summed E-state index contributed by atoms with van der Waals surface area (Å²) in [6.07, 6.45) is 0. The Morgan fingerprint density at radius 2 is 1.59 bits per heavy atom. The Labute approximate surface area is 160 Å². The van der Waals surface area contributed by atoms with Gasteiger partial charge in [0.05, 0.1) is 36.1 Å². The summed E-state index contributed by atoms with van der Waals surface area (Å²) in [7, 11) is 2.88. The van der Waals surface area contributed by atoms with E-state index in [1.807, 2.05) is 0 Å². The SMILES string of the molecule is COc1cc(NC(=O)[C@H](C)N2C(=O)c3ccccc3C2=O)c(OC)cc1Cl. The van der Waals surface area contributed by atoms with Gasteiger partial charge >= 0.3 is 0 Å². The molecule has 2 aromatic rings. The summed E-state index contributed by atoms with van der Waals surface area (Å²) < 4.78 is 10.4. The standard InChI is InChI=1S/C19H17ClN2O5/c1-10(22-18(24)11-6-4-5-7-12(11)19(22)25)17(23)21-14-9-15(26-2)13(20)8-16(14)27-3/h4-10H,1-3H3,(H,21,23)/t10-/m0/s1. The second-order valence-electron chi connectivity index (χ2n) is 5.88. The molecule has 1 N–H and O–H groups in total. The summed E-state index contributed by atoms with van der Waals surface area (Å²) in [6, 6.07) is 8.45. The molecule has 0 radical (unpaired) electrons. The molecule has 0 unspecified atom stereocenters. The maximum absolute atomic E-state index is 12.7. The van der Waals surface area contributed by atoms with E-state index < -0.39 is 23.8 Å². The number of carbonyl (C=O) groups excluding carboxylic acids is 3. The Bertz CT molecular complexity index is 909.